The van der Waals surface area contributed by atoms with Crippen LogP contribution in [0.15, 0.2) is 0 Å². The molecule has 0 aromatic heterocycles. The molecule has 0 bridgehead atoms. The van der Waals surface area contributed by atoms with Gasteiger partial charge in [-0.15, -0.1) is 0 Å². The van der Waals surface area contributed by atoms with E-state index in [1.165, 1.54) is 0 Å². The molecular weight excluding hydrogens is 248 g/mol. The van der Waals surface area contributed by atoms with Crippen molar-refractivity contribution < 1.29 is 63.2 Å². The summed E-state index contributed by atoms with van der Waals surface area (Å²) in [5.41, 5.74) is 0. The first-order valence-corrected chi connectivity index (χ1v) is 3.59. The van der Waals surface area contributed by atoms with E-state index in [9.17, 15) is 4.79 Å². The molecule has 0 amide bonds. The van der Waals surface area contributed by atoms with Gasteiger partial charge in [-0.05, 0) is 6.42 Å². The molecule has 0 spiro atoms. The van der Waals surface area contributed by atoms with Gasteiger partial charge in [-0.1, -0.05) is 19.8 Å². The molecule has 8 nitrogen and oxygen atoms in total. The van der Waals surface area contributed by atoms with Crippen LogP contribution in [0.1, 0.15) is 32.6 Å². The second-order valence-corrected chi connectivity index (χ2v) is 1.85. The zero-order valence-corrected chi connectivity index (χ0v) is 9.93. The average molecular weight is 266 g/mol. The normalized spacial score (nSPS) is 6.07. The van der Waals surface area contributed by atoms with E-state index in [-0.39, 0.29) is 21.7 Å². The van der Waals surface area contributed by atoms with Gasteiger partial charge in [0.1, 0.15) is 0 Å². The molecule has 0 rings (SSSR count). The van der Waals surface area contributed by atoms with Crippen LogP contribution in [0.2, 0.25) is 0 Å². The van der Waals surface area contributed by atoms with Crippen molar-refractivity contribution in [3.8, 4) is 0 Å². The SMILES string of the molecule is CCCCCC(=O)O.OO.OO.OO.[Ti]. The second kappa shape index (κ2) is 48.5. The fraction of sp³-hybridized carbons (Fsp3) is 0.833. The smallest absolute Gasteiger partial charge is 0.303 e. The number of unbranched alkanes of at least 4 members (excludes halogenated alkanes) is 2. The molecule has 0 aromatic rings. The molecule has 0 aliphatic carbocycles. The van der Waals surface area contributed by atoms with Gasteiger partial charge in [0.15, 0.2) is 0 Å². The number of carbonyl (C=O) groups is 1. The van der Waals surface area contributed by atoms with E-state index in [0.717, 1.165) is 19.3 Å². The maximum Gasteiger partial charge on any atom is 0.303 e. The number of aliphatic carboxylic acids is 1. The molecular formula is C6H18O8Ti. The Balaban J connectivity index is -0.0000000410. The van der Waals surface area contributed by atoms with Crippen molar-refractivity contribution in [2.45, 2.75) is 32.6 Å². The molecule has 0 atom stereocenters. The molecule has 0 saturated heterocycles. The Labute approximate surface area is 102 Å². The summed E-state index contributed by atoms with van der Waals surface area (Å²) in [4.78, 5) is 9.87. The molecule has 94 valence electrons. The largest absolute Gasteiger partial charge is 0.481 e. The zero-order chi connectivity index (χ0) is 12.4. The van der Waals surface area contributed by atoms with Gasteiger partial charge in [0.05, 0.1) is 0 Å². The van der Waals surface area contributed by atoms with Gasteiger partial charge in [0.25, 0.3) is 0 Å². The maximum absolute atomic E-state index is 9.87. The molecule has 0 unspecified atom stereocenters. The fourth-order valence-electron chi connectivity index (χ4n) is 0.526. The number of hydrogen-bond acceptors (Lipinski definition) is 7. The van der Waals surface area contributed by atoms with Crippen LogP contribution in [-0.4, -0.2) is 42.6 Å². The third kappa shape index (κ3) is 81.4. The molecule has 0 heterocycles. The maximum atomic E-state index is 9.87. The van der Waals surface area contributed by atoms with Crippen molar-refractivity contribution in [1.29, 1.82) is 0 Å². The van der Waals surface area contributed by atoms with Crippen LogP contribution in [0.5, 0.6) is 0 Å². The summed E-state index contributed by atoms with van der Waals surface area (Å²) in [6.45, 7) is 2.06. The Morgan fingerprint density at radius 3 is 1.47 bits per heavy atom. The van der Waals surface area contributed by atoms with Crippen molar-refractivity contribution in [3.05, 3.63) is 0 Å². The Kier molecular flexibility index (Phi) is 94.9. The predicted octanol–water partition coefficient (Wildman–Crippen LogP) is 1.70. The van der Waals surface area contributed by atoms with Gasteiger partial charge in [0, 0.05) is 28.1 Å². The predicted molar refractivity (Wildman–Crippen MR) is 47.6 cm³/mol. The van der Waals surface area contributed by atoms with E-state index < -0.39 is 5.97 Å². The number of carboxylic acid groups (broad SMARTS) is 1. The van der Waals surface area contributed by atoms with E-state index in [1.54, 1.807) is 0 Å². The number of hydrogen-bond donors (Lipinski definition) is 7. The monoisotopic (exact) mass is 266 g/mol. The van der Waals surface area contributed by atoms with Gasteiger partial charge < -0.3 is 5.11 Å². The van der Waals surface area contributed by atoms with Gasteiger partial charge in [-0.25, -0.2) is 0 Å². The van der Waals surface area contributed by atoms with Crippen LogP contribution in [0, 0.1) is 0 Å². The number of rotatable bonds is 4. The Morgan fingerprint density at radius 2 is 1.27 bits per heavy atom. The van der Waals surface area contributed by atoms with Gasteiger partial charge in [-0.2, -0.15) is 0 Å². The average Bonchev–Trinajstić information content (AvgIpc) is 2.27. The third-order valence-electron chi connectivity index (χ3n) is 0.994. The first kappa shape index (κ1) is 29.4. The Bertz CT molecular complexity index is 81.5. The van der Waals surface area contributed by atoms with Crippen LogP contribution in [-0.2, 0) is 26.5 Å². The van der Waals surface area contributed by atoms with E-state index in [2.05, 4.69) is 6.92 Å². The van der Waals surface area contributed by atoms with E-state index >= 15 is 0 Å². The van der Waals surface area contributed by atoms with Crippen molar-refractivity contribution in [3.63, 3.8) is 0 Å². The fourth-order valence-corrected chi connectivity index (χ4v) is 0.526. The summed E-state index contributed by atoms with van der Waals surface area (Å²) in [5, 5.41) is 44.1. The Morgan fingerprint density at radius 1 is 0.933 bits per heavy atom. The molecule has 0 radical (unpaired) electrons. The zero-order valence-electron chi connectivity index (χ0n) is 8.37. The second-order valence-electron chi connectivity index (χ2n) is 1.85. The summed E-state index contributed by atoms with van der Waals surface area (Å²) in [7, 11) is 0. The van der Waals surface area contributed by atoms with Gasteiger partial charge in [0.2, 0.25) is 0 Å². The summed E-state index contributed by atoms with van der Waals surface area (Å²) < 4.78 is 0. The van der Waals surface area contributed by atoms with E-state index in [1.807, 2.05) is 0 Å². The standard InChI is InChI=1S/C6H12O2.3H2O2.Ti/c1-2-3-4-5-6(7)8;3*1-2;/h2-5H2,1H3,(H,7,8);3*1-2H;. The minimum absolute atomic E-state index is 0. The molecule has 15 heavy (non-hydrogen) atoms. The van der Waals surface area contributed by atoms with Crippen LogP contribution < -0.4 is 0 Å². The van der Waals surface area contributed by atoms with Crippen molar-refractivity contribution in [2.75, 3.05) is 0 Å². The summed E-state index contributed by atoms with van der Waals surface area (Å²) in [5.74, 6) is -0.682. The molecule has 0 aliphatic rings. The summed E-state index contributed by atoms with van der Waals surface area (Å²) in [6.07, 6.45) is 3.28. The van der Waals surface area contributed by atoms with Crippen molar-refractivity contribution in [1.82, 2.24) is 0 Å². The molecule has 0 saturated carbocycles. The molecule has 9 heteroatoms. The molecule has 7 N–H and O–H groups in total. The van der Waals surface area contributed by atoms with Crippen molar-refractivity contribution in [2.24, 2.45) is 0 Å². The van der Waals surface area contributed by atoms with E-state index in [4.69, 9.17) is 36.6 Å². The summed E-state index contributed by atoms with van der Waals surface area (Å²) >= 11 is 0. The minimum Gasteiger partial charge on any atom is -0.481 e. The van der Waals surface area contributed by atoms with Gasteiger partial charge >= 0.3 is 5.97 Å². The van der Waals surface area contributed by atoms with Crippen LogP contribution in [0.4, 0.5) is 0 Å². The quantitative estimate of drug-likeness (QED) is 0.175. The van der Waals surface area contributed by atoms with Crippen LogP contribution >= 0.6 is 0 Å². The summed E-state index contributed by atoms with van der Waals surface area (Å²) in [6, 6.07) is 0. The topological polar surface area (TPSA) is 159 Å². The molecule has 0 fully saturated rings. The van der Waals surface area contributed by atoms with Crippen molar-refractivity contribution >= 4 is 5.97 Å². The molecule has 0 aliphatic heterocycles. The van der Waals surface area contributed by atoms with Crippen LogP contribution in [0.3, 0.4) is 0 Å². The minimum atomic E-state index is -0.682. The van der Waals surface area contributed by atoms with Gasteiger partial charge in [-0.3, -0.25) is 36.3 Å². The first-order chi connectivity index (χ1) is 6.77. The van der Waals surface area contributed by atoms with E-state index in [0.29, 0.717) is 6.42 Å². The first-order valence-electron chi connectivity index (χ1n) is 3.59. The molecule has 0 aromatic carbocycles. The Hall–Kier alpha value is -0.0557. The third-order valence-corrected chi connectivity index (χ3v) is 0.994. The van der Waals surface area contributed by atoms with Crippen LogP contribution in [0.25, 0.3) is 0 Å². The number of carboxylic acids is 1.